The van der Waals surface area contributed by atoms with Crippen molar-refractivity contribution in [1.82, 2.24) is 5.43 Å². The van der Waals surface area contributed by atoms with Gasteiger partial charge in [0, 0.05) is 0 Å². The number of hydrogen-bond acceptors (Lipinski definition) is 4. The minimum Gasteiger partial charge on any atom is -0.497 e. The highest BCUT2D eigenvalue weighted by Gasteiger charge is 2.01. The Bertz CT molecular complexity index is 666. The lowest BCUT2D eigenvalue weighted by Gasteiger charge is -2.05. The molecular weight excluding hydrogens is 292 g/mol. The summed E-state index contributed by atoms with van der Waals surface area (Å²) in [5.41, 5.74) is 4.49. The minimum absolute atomic E-state index is 0.0824. The van der Waals surface area contributed by atoms with E-state index in [2.05, 4.69) is 17.5 Å². The summed E-state index contributed by atoms with van der Waals surface area (Å²) in [7, 11) is 1.60. The number of nitrogens with zero attached hydrogens (tertiary/aromatic N) is 1. The van der Waals surface area contributed by atoms with Gasteiger partial charge in [-0.15, -0.1) is 0 Å². The number of aryl methyl sites for hydroxylation is 1. The third-order valence-corrected chi connectivity index (χ3v) is 3.20. The van der Waals surface area contributed by atoms with Crippen molar-refractivity contribution in [2.45, 2.75) is 13.3 Å². The highest BCUT2D eigenvalue weighted by Crippen LogP contribution is 2.12. The number of ether oxygens (including phenoxy) is 2. The number of nitrogens with one attached hydrogen (secondary N) is 1. The second-order valence-corrected chi connectivity index (χ2v) is 4.86. The van der Waals surface area contributed by atoms with E-state index in [0.717, 1.165) is 17.7 Å². The normalized spacial score (nSPS) is 10.5. The largest absolute Gasteiger partial charge is 0.497 e. The van der Waals surface area contributed by atoms with Gasteiger partial charge in [0.25, 0.3) is 5.91 Å². The summed E-state index contributed by atoms with van der Waals surface area (Å²) in [5, 5.41) is 3.90. The van der Waals surface area contributed by atoms with Crippen LogP contribution in [0.2, 0.25) is 0 Å². The van der Waals surface area contributed by atoms with E-state index >= 15 is 0 Å². The SMILES string of the molecule is CCc1ccc(OCC(=O)N/N=C\c2cccc(OC)c2)cc1. The van der Waals surface area contributed by atoms with E-state index in [9.17, 15) is 4.79 Å². The van der Waals surface area contributed by atoms with Crippen LogP contribution < -0.4 is 14.9 Å². The van der Waals surface area contributed by atoms with Crippen molar-refractivity contribution >= 4 is 12.1 Å². The molecule has 5 heteroatoms. The predicted molar refractivity (Wildman–Crippen MR) is 90.0 cm³/mol. The molecule has 0 unspecified atom stereocenters. The third kappa shape index (κ3) is 5.47. The molecule has 0 fully saturated rings. The Balaban J connectivity index is 1.78. The molecule has 0 aliphatic rings. The molecular formula is C18H20N2O3. The van der Waals surface area contributed by atoms with Gasteiger partial charge < -0.3 is 9.47 Å². The summed E-state index contributed by atoms with van der Waals surface area (Å²) >= 11 is 0. The Morgan fingerprint density at radius 1 is 1.17 bits per heavy atom. The monoisotopic (exact) mass is 312 g/mol. The molecule has 5 nitrogen and oxygen atoms in total. The second kappa shape index (κ2) is 8.58. The molecule has 0 aliphatic carbocycles. The van der Waals surface area contributed by atoms with Crippen LogP contribution in [0.25, 0.3) is 0 Å². The summed E-state index contributed by atoms with van der Waals surface area (Å²) in [5.74, 6) is 1.08. The third-order valence-electron chi connectivity index (χ3n) is 3.20. The molecule has 1 amide bonds. The molecule has 2 aromatic rings. The van der Waals surface area contributed by atoms with Crippen LogP contribution in [0.4, 0.5) is 0 Å². The molecule has 120 valence electrons. The second-order valence-electron chi connectivity index (χ2n) is 4.86. The maximum Gasteiger partial charge on any atom is 0.277 e. The lowest BCUT2D eigenvalue weighted by atomic mass is 10.2. The van der Waals surface area contributed by atoms with E-state index in [-0.39, 0.29) is 12.5 Å². The van der Waals surface area contributed by atoms with Crippen LogP contribution in [0.5, 0.6) is 11.5 Å². The smallest absolute Gasteiger partial charge is 0.277 e. The summed E-state index contributed by atoms with van der Waals surface area (Å²) in [6.07, 6.45) is 2.52. The molecule has 0 heterocycles. The molecule has 0 aromatic heterocycles. The van der Waals surface area contributed by atoms with Crippen molar-refractivity contribution in [1.29, 1.82) is 0 Å². The number of carbonyl (C=O) groups is 1. The van der Waals surface area contributed by atoms with Crippen molar-refractivity contribution in [2.24, 2.45) is 5.10 Å². The first-order chi connectivity index (χ1) is 11.2. The zero-order chi connectivity index (χ0) is 16.5. The van der Waals surface area contributed by atoms with Gasteiger partial charge in [0.05, 0.1) is 13.3 Å². The van der Waals surface area contributed by atoms with E-state index in [1.165, 1.54) is 5.56 Å². The van der Waals surface area contributed by atoms with Gasteiger partial charge in [-0.1, -0.05) is 31.2 Å². The Hall–Kier alpha value is -2.82. The number of amides is 1. The van der Waals surface area contributed by atoms with Crippen LogP contribution in [0, 0.1) is 0 Å². The zero-order valence-electron chi connectivity index (χ0n) is 13.3. The minimum atomic E-state index is -0.316. The standard InChI is InChI=1S/C18H20N2O3/c1-3-14-7-9-16(10-8-14)23-13-18(21)20-19-12-15-5-4-6-17(11-15)22-2/h4-12H,3,13H2,1-2H3,(H,20,21)/b19-12-. The number of methoxy groups -OCH3 is 1. The number of hydrogen-bond donors (Lipinski definition) is 1. The van der Waals surface area contributed by atoms with Crippen LogP contribution in [0.1, 0.15) is 18.1 Å². The Morgan fingerprint density at radius 2 is 1.96 bits per heavy atom. The van der Waals surface area contributed by atoms with Crippen LogP contribution in [-0.4, -0.2) is 25.8 Å². The maximum atomic E-state index is 11.7. The molecule has 0 aliphatic heterocycles. The van der Waals surface area contributed by atoms with Crippen molar-refractivity contribution in [3.8, 4) is 11.5 Å². The maximum absolute atomic E-state index is 11.7. The van der Waals surface area contributed by atoms with Gasteiger partial charge in [0.15, 0.2) is 6.61 Å². The number of hydrazone groups is 1. The molecule has 1 N–H and O–H groups in total. The Labute approximate surface area is 135 Å². The fourth-order valence-corrected chi connectivity index (χ4v) is 1.90. The van der Waals surface area contributed by atoms with Gasteiger partial charge in [0.2, 0.25) is 0 Å². The Morgan fingerprint density at radius 3 is 2.65 bits per heavy atom. The summed E-state index contributed by atoms with van der Waals surface area (Å²) in [6.45, 7) is 2.00. The van der Waals surface area contributed by atoms with Crippen LogP contribution in [0.3, 0.4) is 0 Å². The zero-order valence-corrected chi connectivity index (χ0v) is 13.3. The van der Waals surface area contributed by atoms with Gasteiger partial charge in [0.1, 0.15) is 11.5 Å². The van der Waals surface area contributed by atoms with E-state index in [1.807, 2.05) is 48.5 Å². The molecule has 0 bridgehead atoms. The first-order valence-electron chi connectivity index (χ1n) is 7.39. The summed E-state index contributed by atoms with van der Waals surface area (Å²) < 4.78 is 10.5. The molecule has 23 heavy (non-hydrogen) atoms. The van der Waals surface area contributed by atoms with Gasteiger partial charge in [-0.3, -0.25) is 4.79 Å². The van der Waals surface area contributed by atoms with E-state index in [4.69, 9.17) is 9.47 Å². The summed E-state index contributed by atoms with van der Waals surface area (Å²) in [6, 6.07) is 15.0. The molecule has 2 aromatic carbocycles. The molecule has 0 radical (unpaired) electrons. The van der Waals surface area contributed by atoms with Crippen LogP contribution >= 0.6 is 0 Å². The van der Waals surface area contributed by atoms with E-state index in [1.54, 1.807) is 13.3 Å². The van der Waals surface area contributed by atoms with Gasteiger partial charge in [-0.25, -0.2) is 5.43 Å². The van der Waals surface area contributed by atoms with Gasteiger partial charge in [-0.2, -0.15) is 5.10 Å². The number of rotatable bonds is 7. The number of carbonyl (C=O) groups excluding carboxylic acids is 1. The predicted octanol–water partition coefficient (Wildman–Crippen LogP) is 2.79. The Kier molecular flexibility index (Phi) is 6.17. The lowest BCUT2D eigenvalue weighted by molar-refractivity contribution is -0.123. The fourth-order valence-electron chi connectivity index (χ4n) is 1.90. The average molecular weight is 312 g/mol. The first-order valence-corrected chi connectivity index (χ1v) is 7.39. The first kappa shape index (κ1) is 16.5. The highest BCUT2D eigenvalue weighted by atomic mass is 16.5. The molecule has 0 saturated heterocycles. The quantitative estimate of drug-likeness (QED) is 0.632. The van der Waals surface area contributed by atoms with Crippen LogP contribution in [-0.2, 0) is 11.2 Å². The van der Waals surface area contributed by atoms with Gasteiger partial charge >= 0.3 is 0 Å². The summed E-state index contributed by atoms with van der Waals surface area (Å²) in [4.78, 5) is 11.7. The molecule has 2 rings (SSSR count). The fraction of sp³-hybridized carbons (Fsp3) is 0.222. The van der Waals surface area contributed by atoms with E-state index in [0.29, 0.717) is 5.75 Å². The average Bonchev–Trinajstić information content (AvgIpc) is 2.60. The van der Waals surface area contributed by atoms with Crippen molar-refractivity contribution in [3.05, 3.63) is 59.7 Å². The van der Waals surface area contributed by atoms with Crippen molar-refractivity contribution in [3.63, 3.8) is 0 Å². The number of benzene rings is 2. The molecule has 0 spiro atoms. The van der Waals surface area contributed by atoms with Crippen molar-refractivity contribution in [2.75, 3.05) is 13.7 Å². The highest BCUT2D eigenvalue weighted by molar-refractivity contribution is 5.83. The molecule has 0 atom stereocenters. The van der Waals surface area contributed by atoms with Gasteiger partial charge in [-0.05, 0) is 41.8 Å². The molecule has 0 saturated carbocycles. The van der Waals surface area contributed by atoms with Crippen molar-refractivity contribution < 1.29 is 14.3 Å². The van der Waals surface area contributed by atoms with E-state index < -0.39 is 0 Å². The topological polar surface area (TPSA) is 59.9 Å². The van der Waals surface area contributed by atoms with Crippen LogP contribution in [0.15, 0.2) is 53.6 Å². The lowest BCUT2D eigenvalue weighted by Crippen LogP contribution is -2.24.